The van der Waals surface area contributed by atoms with Gasteiger partial charge in [0, 0.05) is 72.4 Å². The third kappa shape index (κ3) is 7.77. The number of H-pyrrole nitrogens is 1. The van der Waals surface area contributed by atoms with Crippen molar-refractivity contribution in [3.8, 4) is 39.5 Å². The largest absolute Gasteiger partial charge is 0.481 e. The minimum absolute atomic E-state index is 0.0294. The Hall–Kier alpha value is -4.88. The fourth-order valence-corrected chi connectivity index (χ4v) is 7.76. The quantitative estimate of drug-likeness (QED) is 0.0901. The summed E-state index contributed by atoms with van der Waals surface area (Å²) in [5, 5.41) is 20.4. The van der Waals surface area contributed by atoms with E-state index in [2.05, 4.69) is 20.9 Å². The first kappa shape index (κ1) is 36.5. The number of benzene rings is 2. The van der Waals surface area contributed by atoms with E-state index in [1.54, 1.807) is 12.1 Å². The monoisotopic (exact) mass is 775 g/mol. The first-order valence-electron chi connectivity index (χ1n) is 17.2. The van der Waals surface area contributed by atoms with Crippen LogP contribution in [0.4, 0.5) is 4.79 Å². The van der Waals surface area contributed by atoms with E-state index < -0.39 is 6.09 Å². The number of rotatable bonds is 12. The summed E-state index contributed by atoms with van der Waals surface area (Å²) in [6.07, 6.45) is 1.21. The van der Waals surface area contributed by atoms with Crippen LogP contribution in [0.15, 0.2) is 60.7 Å². The Labute approximate surface area is 320 Å². The Balaban J connectivity index is 1.13. The van der Waals surface area contributed by atoms with E-state index >= 15 is 0 Å². The predicted molar refractivity (Wildman–Crippen MR) is 204 cm³/mol. The summed E-state index contributed by atoms with van der Waals surface area (Å²) >= 11 is 21.0. The molecule has 7 rings (SSSR count). The molecule has 5 aromatic rings. The van der Waals surface area contributed by atoms with Gasteiger partial charge >= 0.3 is 6.09 Å². The molecule has 2 aliphatic rings. The van der Waals surface area contributed by atoms with Crippen molar-refractivity contribution in [3.63, 3.8) is 0 Å². The van der Waals surface area contributed by atoms with E-state index in [9.17, 15) is 19.5 Å². The van der Waals surface area contributed by atoms with Crippen LogP contribution in [0.25, 0.3) is 44.7 Å². The van der Waals surface area contributed by atoms with Crippen molar-refractivity contribution in [1.82, 2.24) is 35.8 Å². The molecule has 274 valence electrons. The van der Waals surface area contributed by atoms with Crippen molar-refractivity contribution in [2.24, 2.45) is 0 Å². The number of pyridine rings is 2. The highest BCUT2D eigenvalue weighted by Crippen LogP contribution is 2.42. The van der Waals surface area contributed by atoms with Gasteiger partial charge < -0.3 is 35.7 Å². The highest BCUT2D eigenvalue weighted by molar-refractivity contribution is 6.39. The molecule has 15 heteroatoms. The summed E-state index contributed by atoms with van der Waals surface area (Å²) in [7, 11) is 1.48. The second-order valence-corrected chi connectivity index (χ2v) is 14.2. The van der Waals surface area contributed by atoms with Crippen molar-refractivity contribution in [3.05, 3.63) is 87.0 Å². The molecule has 0 bridgehead atoms. The molecule has 2 aromatic carbocycles. The lowest BCUT2D eigenvalue weighted by Gasteiger charge is -2.23. The molecule has 12 nitrogen and oxygen atoms in total. The Morgan fingerprint density at radius 1 is 0.849 bits per heavy atom. The molecule has 5 N–H and O–H groups in total. The summed E-state index contributed by atoms with van der Waals surface area (Å²) in [4.78, 5) is 49.4. The Morgan fingerprint density at radius 3 is 2.06 bits per heavy atom. The zero-order chi connectivity index (χ0) is 37.2. The number of ether oxygens (including phenoxy) is 1. The molecule has 2 atom stereocenters. The molecule has 0 spiro atoms. The normalized spacial score (nSPS) is 16.9. The number of carbonyl (C=O) groups excluding carboxylic acids is 2. The first-order valence-corrected chi connectivity index (χ1v) is 18.3. The van der Waals surface area contributed by atoms with Crippen LogP contribution in [0.5, 0.6) is 5.88 Å². The molecular weight excluding hydrogens is 741 g/mol. The van der Waals surface area contributed by atoms with Gasteiger partial charge in [-0.1, -0.05) is 71.2 Å². The SMILES string of the molecule is COc1nc(-c2cccc(-c3cccc(-c4ccc5[nH]c(CNC[C@@H]6CCC(=O)N6)c(Cl)c5n4)c3Cl)c2Cl)ccc1CN(C[C@@H]1CCC(=O)N1)C(=O)O. The number of fused-ring (bicyclic) bond motifs is 1. The molecule has 5 heterocycles. The molecule has 2 aliphatic heterocycles. The number of nitrogens with one attached hydrogen (secondary N) is 4. The van der Waals surface area contributed by atoms with E-state index in [0.717, 1.165) is 17.6 Å². The van der Waals surface area contributed by atoms with E-state index in [-0.39, 0.29) is 42.9 Å². The highest BCUT2D eigenvalue weighted by atomic mass is 35.5. The van der Waals surface area contributed by atoms with Gasteiger partial charge in [-0.15, -0.1) is 0 Å². The first-order chi connectivity index (χ1) is 25.6. The zero-order valence-corrected chi connectivity index (χ0v) is 30.9. The maximum Gasteiger partial charge on any atom is 0.407 e. The van der Waals surface area contributed by atoms with Crippen LogP contribution in [0.2, 0.25) is 15.1 Å². The number of methoxy groups -OCH3 is 1. The number of halogens is 3. The molecule has 0 aliphatic carbocycles. The number of hydrogen-bond donors (Lipinski definition) is 5. The van der Waals surface area contributed by atoms with Crippen molar-refractivity contribution in [2.75, 3.05) is 20.2 Å². The molecule has 0 saturated carbocycles. The molecule has 2 saturated heterocycles. The fraction of sp³-hybridized carbons (Fsp3) is 0.289. The van der Waals surface area contributed by atoms with Crippen molar-refractivity contribution < 1.29 is 24.2 Å². The summed E-state index contributed by atoms with van der Waals surface area (Å²) in [5.41, 5.74) is 6.67. The van der Waals surface area contributed by atoms with Crippen LogP contribution < -0.4 is 20.7 Å². The minimum atomic E-state index is -1.11. The van der Waals surface area contributed by atoms with Gasteiger partial charge in [0.2, 0.25) is 17.7 Å². The lowest BCUT2D eigenvalue weighted by Crippen LogP contribution is -2.41. The number of hydrogen-bond acceptors (Lipinski definition) is 7. The van der Waals surface area contributed by atoms with Crippen LogP contribution in [-0.2, 0) is 22.7 Å². The van der Waals surface area contributed by atoms with Crippen LogP contribution in [0.3, 0.4) is 0 Å². The smallest absolute Gasteiger partial charge is 0.407 e. The van der Waals surface area contributed by atoms with E-state index in [1.807, 2.05) is 48.5 Å². The lowest BCUT2D eigenvalue weighted by molar-refractivity contribution is -0.120. The third-order valence-electron chi connectivity index (χ3n) is 9.56. The standard InChI is InChI=1S/C38H36Cl3N7O5/c1-53-37-20(18-48(38(51)52)19-22-10-15-32(50)44-22)8-11-28(47-37)26-7-3-5-24(34(26)40)23-4-2-6-25(33(23)39)27-12-13-29-36(46-27)35(41)30(45-29)17-42-16-21-9-14-31(49)43-21/h2-8,11-13,21-22,42,45H,9-10,14-19H2,1H3,(H,43,49)(H,44,50)(H,51,52)/t21-,22-/m0/s1. The molecule has 3 aromatic heterocycles. The predicted octanol–water partition coefficient (Wildman–Crippen LogP) is 7.05. The van der Waals surface area contributed by atoms with Gasteiger partial charge in [-0.05, 0) is 37.1 Å². The maximum absolute atomic E-state index is 12.1. The van der Waals surface area contributed by atoms with E-state index in [1.165, 1.54) is 12.0 Å². The van der Waals surface area contributed by atoms with Gasteiger partial charge in [-0.25, -0.2) is 14.8 Å². The fourth-order valence-electron chi connectivity index (χ4n) is 6.85. The van der Waals surface area contributed by atoms with Crippen LogP contribution >= 0.6 is 34.8 Å². The molecular formula is C38H36Cl3N7O5. The van der Waals surface area contributed by atoms with Gasteiger partial charge in [-0.2, -0.15) is 0 Å². The number of carboxylic acid groups (broad SMARTS) is 1. The van der Waals surface area contributed by atoms with Crippen molar-refractivity contribution >= 4 is 63.7 Å². The summed E-state index contributed by atoms with van der Waals surface area (Å²) < 4.78 is 5.60. The Bertz CT molecular complexity index is 2230. The molecule has 53 heavy (non-hydrogen) atoms. The van der Waals surface area contributed by atoms with Gasteiger partial charge in [0.15, 0.2) is 0 Å². The van der Waals surface area contributed by atoms with Crippen molar-refractivity contribution in [1.29, 1.82) is 0 Å². The van der Waals surface area contributed by atoms with Crippen LogP contribution in [-0.4, -0.2) is 75.1 Å². The van der Waals surface area contributed by atoms with Gasteiger partial charge in [-0.3, -0.25) is 9.59 Å². The number of aromatic amines is 1. The zero-order valence-electron chi connectivity index (χ0n) is 28.6. The van der Waals surface area contributed by atoms with E-state index in [0.29, 0.717) is 92.1 Å². The molecule has 2 fully saturated rings. The molecule has 3 amide bonds. The van der Waals surface area contributed by atoms with Crippen LogP contribution in [0, 0.1) is 0 Å². The molecule has 0 unspecified atom stereocenters. The average Bonchev–Trinajstić information content (AvgIpc) is 3.85. The Morgan fingerprint density at radius 2 is 1.45 bits per heavy atom. The summed E-state index contributed by atoms with van der Waals surface area (Å²) in [6.45, 7) is 1.32. The number of carbonyl (C=O) groups is 3. The van der Waals surface area contributed by atoms with Crippen molar-refractivity contribution in [2.45, 2.75) is 50.9 Å². The molecule has 0 radical (unpaired) electrons. The minimum Gasteiger partial charge on any atom is -0.481 e. The van der Waals surface area contributed by atoms with Crippen LogP contribution in [0.1, 0.15) is 36.9 Å². The van der Waals surface area contributed by atoms with E-state index in [4.69, 9.17) is 49.5 Å². The van der Waals surface area contributed by atoms with Gasteiger partial charge in [0.05, 0.1) is 51.3 Å². The number of nitrogens with zero attached hydrogens (tertiary/aromatic N) is 3. The Kier molecular flexibility index (Phi) is 10.7. The summed E-state index contributed by atoms with van der Waals surface area (Å²) in [6, 6.07) is 18.5. The average molecular weight is 777 g/mol. The number of amides is 3. The maximum atomic E-state index is 12.1. The third-order valence-corrected chi connectivity index (χ3v) is 10.8. The summed E-state index contributed by atoms with van der Waals surface area (Å²) in [5.74, 6) is 0.259. The lowest BCUT2D eigenvalue weighted by atomic mass is 9.98. The second-order valence-electron chi connectivity index (χ2n) is 13.1. The van der Waals surface area contributed by atoms with Gasteiger partial charge in [0.1, 0.15) is 5.52 Å². The second kappa shape index (κ2) is 15.6. The topological polar surface area (TPSA) is 162 Å². The highest BCUT2D eigenvalue weighted by Gasteiger charge is 2.27. The van der Waals surface area contributed by atoms with Gasteiger partial charge in [0.25, 0.3) is 0 Å². The number of aromatic nitrogens is 3.